The SMILES string of the molecule is O=C(c1cn[nH]c1-c1cccc(Br)c1)N1CCN(c2ccc(Cl)cc2)CC1. The van der Waals surface area contributed by atoms with Gasteiger partial charge in [0, 0.05) is 46.9 Å². The molecular formula is C20H18BrClN4O. The minimum Gasteiger partial charge on any atom is -0.368 e. The van der Waals surface area contributed by atoms with Crippen molar-refractivity contribution in [1.82, 2.24) is 15.1 Å². The van der Waals surface area contributed by atoms with Crippen LogP contribution in [0.5, 0.6) is 0 Å². The van der Waals surface area contributed by atoms with Crippen LogP contribution in [0.1, 0.15) is 10.4 Å². The summed E-state index contributed by atoms with van der Waals surface area (Å²) in [5.74, 6) is 0.00878. The Morgan fingerprint density at radius 2 is 1.81 bits per heavy atom. The number of halogens is 2. The van der Waals surface area contributed by atoms with Crippen LogP contribution in [-0.4, -0.2) is 47.2 Å². The van der Waals surface area contributed by atoms with E-state index in [0.717, 1.165) is 39.5 Å². The molecule has 0 radical (unpaired) electrons. The second-order valence-electron chi connectivity index (χ2n) is 6.42. The van der Waals surface area contributed by atoms with E-state index >= 15 is 0 Å². The lowest BCUT2D eigenvalue weighted by Gasteiger charge is -2.36. The third-order valence-electron chi connectivity index (χ3n) is 4.74. The third-order valence-corrected chi connectivity index (χ3v) is 5.49. The summed E-state index contributed by atoms with van der Waals surface area (Å²) >= 11 is 9.44. The lowest BCUT2D eigenvalue weighted by atomic mass is 10.1. The number of nitrogens with zero attached hydrogens (tertiary/aromatic N) is 3. The Morgan fingerprint density at radius 3 is 2.52 bits per heavy atom. The van der Waals surface area contributed by atoms with Crippen molar-refractivity contribution in [1.29, 1.82) is 0 Å². The van der Waals surface area contributed by atoms with Crippen LogP contribution in [0.15, 0.2) is 59.2 Å². The van der Waals surface area contributed by atoms with Gasteiger partial charge >= 0.3 is 0 Å². The monoisotopic (exact) mass is 444 g/mol. The van der Waals surface area contributed by atoms with Crippen molar-refractivity contribution in [3.63, 3.8) is 0 Å². The highest BCUT2D eigenvalue weighted by Gasteiger charge is 2.25. The van der Waals surface area contributed by atoms with Gasteiger partial charge in [-0.1, -0.05) is 39.7 Å². The lowest BCUT2D eigenvalue weighted by Crippen LogP contribution is -2.48. The number of carbonyl (C=O) groups is 1. The van der Waals surface area contributed by atoms with Crippen LogP contribution in [-0.2, 0) is 0 Å². The number of piperazine rings is 1. The summed E-state index contributed by atoms with van der Waals surface area (Å²) in [6, 6.07) is 15.7. The number of benzene rings is 2. The second-order valence-corrected chi connectivity index (χ2v) is 7.78. The molecule has 0 aliphatic carbocycles. The number of hydrogen-bond donors (Lipinski definition) is 1. The highest BCUT2D eigenvalue weighted by Crippen LogP contribution is 2.26. The van der Waals surface area contributed by atoms with Crippen molar-refractivity contribution >= 4 is 39.1 Å². The van der Waals surface area contributed by atoms with Crippen LogP contribution < -0.4 is 4.90 Å². The predicted molar refractivity (Wildman–Crippen MR) is 111 cm³/mol. The number of rotatable bonds is 3. The summed E-state index contributed by atoms with van der Waals surface area (Å²) in [5.41, 5.74) is 3.42. The molecule has 1 fully saturated rings. The summed E-state index contributed by atoms with van der Waals surface area (Å²) in [5, 5.41) is 7.80. The number of H-pyrrole nitrogens is 1. The molecule has 2 aromatic carbocycles. The molecule has 1 aliphatic rings. The fraction of sp³-hybridized carbons (Fsp3) is 0.200. The fourth-order valence-electron chi connectivity index (χ4n) is 3.30. The van der Waals surface area contributed by atoms with E-state index in [2.05, 4.69) is 31.0 Å². The van der Waals surface area contributed by atoms with E-state index < -0.39 is 0 Å². The maximum atomic E-state index is 13.0. The number of aromatic amines is 1. The van der Waals surface area contributed by atoms with Gasteiger partial charge in [-0.3, -0.25) is 9.89 Å². The molecule has 27 heavy (non-hydrogen) atoms. The Bertz CT molecular complexity index is 949. The number of hydrogen-bond acceptors (Lipinski definition) is 3. The maximum Gasteiger partial charge on any atom is 0.257 e. The predicted octanol–water partition coefficient (Wildman–Crippen LogP) is 4.46. The molecule has 0 atom stereocenters. The first-order chi connectivity index (χ1) is 13.1. The van der Waals surface area contributed by atoms with Crippen LogP contribution in [0.3, 0.4) is 0 Å². The highest BCUT2D eigenvalue weighted by molar-refractivity contribution is 9.10. The molecule has 5 nitrogen and oxygen atoms in total. The van der Waals surface area contributed by atoms with Gasteiger partial charge in [0.1, 0.15) is 0 Å². The van der Waals surface area contributed by atoms with E-state index in [1.54, 1.807) is 6.20 Å². The van der Waals surface area contributed by atoms with Crippen LogP contribution in [0.25, 0.3) is 11.3 Å². The molecule has 3 aromatic rings. The summed E-state index contributed by atoms with van der Waals surface area (Å²) < 4.78 is 0.963. The fourth-order valence-corrected chi connectivity index (χ4v) is 3.83. The molecule has 0 bridgehead atoms. The minimum absolute atomic E-state index is 0.00878. The van der Waals surface area contributed by atoms with Crippen molar-refractivity contribution < 1.29 is 4.79 Å². The van der Waals surface area contributed by atoms with Gasteiger partial charge in [-0.15, -0.1) is 0 Å². The molecule has 0 saturated carbocycles. The first-order valence-electron chi connectivity index (χ1n) is 8.71. The summed E-state index contributed by atoms with van der Waals surface area (Å²) in [6.45, 7) is 2.92. The van der Waals surface area contributed by atoms with E-state index in [4.69, 9.17) is 11.6 Å². The summed E-state index contributed by atoms with van der Waals surface area (Å²) in [4.78, 5) is 17.2. The van der Waals surface area contributed by atoms with Crippen LogP contribution >= 0.6 is 27.5 Å². The first kappa shape index (κ1) is 18.1. The Hall–Kier alpha value is -2.31. The third kappa shape index (κ3) is 3.87. The maximum absolute atomic E-state index is 13.0. The van der Waals surface area contributed by atoms with E-state index in [1.807, 2.05) is 53.4 Å². The Morgan fingerprint density at radius 1 is 1.07 bits per heavy atom. The Labute approximate surface area is 171 Å². The van der Waals surface area contributed by atoms with Gasteiger partial charge in [-0.25, -0.2) is 0 Å². The van der Waals surface area contributed by atoms with E-state index in [-0.39, 0.29) is 5.91 Å². The molecule has 1 amide bonds. The Balaban J connectivity index is 1.47. The summed E-state index contributed by atoms with van der Waals surface area (Å²) in [6.07, 6.45) is 1.62. The molecular weight excluding hydrogens is 428 g/mol. The van der Waals surface area contributed by atoms with E-state index in [0.29, 0.717) is 18.7 Å². The quantitative estimate of drug-likeness (QED) is 0.648. The average molecular weight is 446 g/mol. The molecule has 1 saturated heterocycles. The highest BCUT2D eigenvalue weighted by atomic mass is 79.9. The van der Waals surface area contributed by atoms with E-state index in [1.165, 1.54) is 0 Å². The molecule has 7 heteroatoms. The number of amides is 1. The lowest BCUT2D eigenvalue weighted by molar-refractivity contribution is 0.0747. The minimum atomic E-state index is 0.00878. The van der Waals surface area contributed by atoms with Crippen LogP contribution in [0.4, 0.5) is 5.69 Å². The van der Waals surface area contributed by atoms with Gasteiger partial charge < -0.3 is 9.80 Å². The standard InChI is InChI=1S/C20H18BrClN4O/c21-15-3-1-2-14(12-15)19-18(13-23-24-19)20(27)26-10-8-25(9-11-26)17-6-4-16(22)5-7-17/h1-7,12-13H,8-11H2,(H,23,24). The second kappa shape index (κ2) is 7.74. The largest absolute Gasteiger partial charge is 0.368 e. The first-order valence-corrected chi connectivity index (χ1v) is 9.88. The zero-order chi connectivity index (χ0) is 18.8. The van der Waals surface area contributed by atoms with Crippen molar-refractivity contribution in [3.05, 3.63) is 69.8 Å². The summed E-state index contributed by atoms with van der Waals surface area (Å²) in [7, 11) is 0. The van der Waals surface area contributed by atoms with Gasteiger partial charge in [0.15, 0.2) is 0 Å². The zero-order valence-corrected chi connectivity index (χ0v) is 16.9. The molecule has 0 spiro atoms. The molecule has 1 aromatic heterocycles. The average Bonchev–Trinajstić information content (AvgIpc) is 3.18. The number of anilines is 1. The van der Waals surface area contributed by atoms with Gasteiger partial charge in [0.25, 0.3) is 5.91 Å². The molecule has 0 unspecified atom stereocenters. The number of aromatic nitrogens is 2. The smallest absolute Gasteiger partial charge is 0.257 e. The number of carbonyl (C=O) groups excluding carboxylic acids is 1. The molecule has 1 aliphatic heterocycles. The topological polar surface area (TPSA) is 52.2 Å². The zero-order valence-electron chi connectivity index (χ0n) is 14.5. The van der Waals surface area contributed by atoms with Gasteiger partial charge in [0.2, 0.25) is 0 Å². The van der Waals surface area contributed by atoms with Crippen molar-refractivity contribution in [2.75, 3.05) is 31.1 Å². The van der Waals surface area contributed by atoms with Crippen molar-refractivity contribution in [2.24, 2.45) is 0 Å². The van der Waals surface area contributed by atoms with Gasteiger partial charge in [-0.05, 0) is 36.4 Å². The normalized spacial score (nSPS) is 14.4. The van der Waals surface area contributed by atoms with Gasteiger partial charge in [-0.2, -0.15) is 5.10 Å². The molecule has 1 N–H and O–H groups in total. The Kier molecular flexibility index (Phi) is 5.18. The van der Waals surface area contributed by atoms with E-state index in [9.17, 15) is 4.79 Å². The van der Waals surface area contributed by atoms with Crippen molar-refractivity contribution in [3.8, 4) is 11.3 Å². The van der Waals surface area contributed by atoms with Crippen LogP contribution in [0, 0.1) is 0 Å². The molecule has 138 valence electrons. The van der Waals surface area contributed by atoms with Crippen LogP contribution in [0.2, 0.25) is 5.02 Å². The van der Waals surface area contributed by atoms with Crippen molar-refractivity contribution in [2.45, 2.75) is 0 Å². The van der Waals surface area contributed by atoms with Gasteiger partial charge in [0.05, 0.1) is 17.5 Å². The number of nitrogens with one attached hydrogen (secondary N) is 1. The molecule has 2 heterocycles. The molecule has 4 rings (SSSR count).